The third-order valence-electron chi connectivity index (χ3n) is 5.11. The Kier molecular flexibility index (Phi) is 6.75. The van der Waals surface area contributed by atoms with Gasteiger partial charge in [-0.2, -0.15) is 0 Å². The molecule has 2 amide bonds. The number of carbonyl (C=O) groups is 2. The van der Waals surface area contributed by atoms with E-state index in [1.54, 1.807) is 25.3 Å². The molecule has 1 heterocycles. The van der Waals surface area contributed by atoms with Crippen molar-refractivity contribution in [3.8, 4) is 11.5 Å². The van der Waals surface area contributed by atoms with Gasteiger partial charge in [-0.05, 0) is 80.4 Å². The number of carbonyl (C=O) groups excluding carboxylic acids is 2. The van der Waals surface area contributed by atoms with Gasteiger partial charge in [-0.15, -0.1) is 0 Å². The Labute approximate surface area is 187 Å². The highest BCUT2D eigenvalue weighted by molar-refractivity contribution is 7.80. The van der Waals surface area contributed by atoms with Crippen molar-refractivity contribution < 1.29 is 19.1 Å². The molecule has 0 aromatic heterocycles. The zero-order chi connectivity index (χ0) is 22.7. The van der Waals surface area contributed by atoms with E-state index < -0.39 is 11.8 Å². The van der Waals surface area contributed by atoms with Crippen molar-refractivity contribution in [3.05, 3.63) is 58.7 Å². The second kappa shape index (κ2) is 9.31. The molecule has 1 saturated heterocycles. The van der Waals surface area contributed by atoms with Gasteiger partial charge in [0.25, 0.3) is 11.8 Å². The highest BCUT2D eigenvalue weighted by Crippen LogP contribution is 2.31. The van der Waals surface area contributed by atoms with E-state index in [0.29, 0.717) is 22.7 Å². The molecule has 1 aliphatic rings. The second-order valence-electron chi connectivity index (χ2n) is 7.49. The van der Waals surface area contributed by atoms with Crippen molar-refractivity contribution >= 4 is 40.9 Å². The Morgan fingerprint density at radius 1 is 1.13 bits per heavy atom. The maximum Gasteiger partial charge on any atom is 0.270 e. The number of ether oxygens (including phenoxy) is 2. The molecule has 6 nitrogen and oxygen atoms in total. The van der Waals surface area contributed by atoms with Crippen LogP contribution in [-0.4, -0.2) is 30.1 Å². The van der Waals surface area contributed by atoms with Crippen molar-refractivity contribution in [2.24, 2.45) is 0 Å². The first-order valence-electron chi connectivity index (χ1n) is 10.1. The zero-order valence-electron chi connectivity index (χ0n) is 18.3. The zero-order valence-corrected chi connectivity index (χ0v) is 19.1. The lowest BCUT2D eigenvalue weighted by molar-refractivity contribution is -0.122. The summed E-state index contributed by atoms with van der Waals surface area (Å²) < 4.78 is 11.3. The Morgan fingerprint density at radius 2 is 1.87 bits per heavy atom. The van der Waals surface area contributed by atoms with E-state index in [9.17, 15) is 9.59 Å². The average molecular weight is 439 g/mol. The molecular formula is C24H26N2O4S. The number of nitrogens with one attached hydrogen (secondary N) is 1. The van der Waals surface area contributed by atoms with Gasteiger partial charge in [-0.25, -0.2) is 0 Å². The summed E-state index contributed by atoms with van der Waals surface area (Å²) in [7, 11) is 1.55. The van der Waals surface area contributed by atoms with Crippen LogP contribution in [0.1, 0.15) is 37.0 Å². The van der Waals surface area contributed by atoms with E-state index in [4.69, 9.17) is 21.7 Å². The number of rotatable bonds is 6. The van der Waals surface area contributed by atoms with Crippen LogP contribution in [0.3, 0.4) is 0 Å². The number of benzene rings is 2. The van der Waals surface area contributed by atoms with Gasteiger partial charge >= 0.3 is 0 Å². The summed E-state index contributed by atoms with van der Waals surface area (Å²) in [5.74, 6) is 0.133. The fourth-order valence-corrected chi connectivity index (χ4v) is 3.45. The van der Waals surface area contributed by atoms with Gasteiger partial charge in [0.05, 0.1) is 18.9 Å². The summed E-state index contributed by atoms with van der Waals surface area (Å²) in [5.41, 5.74) is 3.15. The van der Waals surface area contributed by atoms with Gasteiger partial charge < -0.3 is 9.47 Å². The fourth-order valence-electron chi connectivity index (χ4n) is 3.17. The van der Waals surface area contributed by atoms with Gasteiger partial charge in [0, 0.05) is 0 Å². The van der Waals surface area contributed by atoms with Crippen molar-refractivity contribution in [2.45, 2.75) is 40.2 Å². The number of anilines is 1. The minimum absolute atomic E-state index is 0.00727. The van der Waals surface area contributed by atoms with E-state index >= 15 is 0 Å². The molecule has 3 rings (SSSR count). The summed E-state index contributed by atoms with van der Waals surface area (Å²) in [5, 5.41) is 2.69. The largest absolute Gasteiger partial charge is 0.493 e. The summed E-state index contributed by atoms with van der Waals surface area (Å²) in [6, 6.07) is 11.0. The average Bonchev–Trinajstić information content (AvgIpc) is 2.74. The van der Waals surface area contributed by atoms with Gasteiger partial charge in [0.2, 0.25) is 0 Å². The first-order valence-corrected chi connectivity index (χ1v) is 10.5. The first kappa shape index (κ1) is 22.5. The molecule has 1 fully saturated rings. The summed E-state index contributed by atoms with van der Waals surface area (Å²) in [6.07, 6.45) is 2.43. The van der Waals surface area contributed by atoms with E-state index in [0.717, 1.165) is 17.5 Å². The highest BCUT2D eigenvalue weighted by atomic mass is 32.1. The third-order valence-corrected chi connectivity index (χ3v) is 5.39. The van der Waals surface area contributed by atoms with E-state index in [1.165, 1.54) is 11.0 Å². The number of amides is 2. The van der Waals surface area contributed by atoms with E-state index in [1.807, 2.05) is 45.9 Å². The molecule has 162 valence electrons. The number of aryl methyl sites for hydroxylation is 2. The molecule has 0 unspecified atom stereocenters. The van der Waals surface area contributed by atoms with E-state index in [2.05, 4.69) is 5.32 Å². The number of hydrogen-bond acceptors (Lipinski definition) is 5. The smallest absolute Gasteiger partial charge is 0.270 e. The summed E-state index contributed by atoms with van der Waals surface area (Å²) in [6.45, 7) is 7.84. The van der Waals surface area contributed by atoms with Crippen LogP contribution in [0, 0.1) is 13.8 Å². The van der Waals surface area contributed by atoms with Crippen molar-refractivity contribution in [1.82, 2.24) is 5.32 Å². The molecule has 0 bridgehead atoms. The van der Waals surface area contributed by atoms with Gasteiger partial charge in [0.15, 0.2) is 16.6 Å². The topological polar surface area (TPSA) is 67.9 Å². The number of thiocarbonyl (C=S) groups is 1. The maximum absolute atomic E-state index is 13.3. The minimum Gasteiger partial charge on any atom is -0.493 e. The molecule has 1 aliphatic heterocycles. The van der Waals surface area contributed by atoms with Crippen LogP contribution >= 0.6 is 12.2 Å². The molecule has 31 heavy (non-hydrogen) atoms. The lowest BCUT2D eigenvalue weighted by Gasteiger charge is -2.30. The van der Waals surface area contributed by atoms with Crippen molar-refractivity contribution in [2.75, 3.05) is 12.0 Å². The number of methoxy groups -OCH3 is 1. The SMILES string of the molecule is CC[C@H](C)Oc1ccc(/C=C2\C(=O)NC(=S)N(c3cc(C)ccc3C)C2=O)cc1OC. The van der Waals surface area contributed by atoms with Gasteiger partial charge in [-0.3, -0.25) is 19.8 Å². The number of hydrogen-bond donors (Lipinski definition) is 1. The monoisotopic (exact) mass is 438 g/mol. The normalized spacial score (nSPS) is 16.4. The van der Waals surface area contributed by atoms with Crippen LogP contribution in [0.4, 0.5) is 5.69 Å². The summed E-state index contributed by atoms with van der Waals surface area (Å²) in [4.78, 5) is 27.2. The molecule has 0 radical (unpaired) electrons. The van der Waals surface area contributed by atoms with Gasteiger partial charge in [0.1, 0.15) is 5.57 Å². The van der Waals surface area contributed by atoms with Crippen LogP contribution in [0.2, 0.25) is 0 Å². The van der Waals surface area contributed by atoms with Crippen LogP contribution < -0.4 is 19.7 Å². The molecule has 2 aromatic rings. The Hall–Kier alpha value is -3.19. The standard InChI is InChI=1S/C24H26N2O4S/c1-6-16(4)30-20-10-9-17(13-21(20)29-5)12-18-22(27)25-24(31)26(23(18)28)19-11-14(2)7-8-15(19)3/h7-13,16H,6H2,1-5H3,(H,25,27,31)/b18-12+/t16-/m0/s1. The van der Waals surface area contributed by atoms with Gasteiger partial charge in [-0.1, -0.05) is 25.1 Å². The summed E-state index contributed by atoms with van der Waals surface area (Å²) >= 11 is 5.30. The van der Waals surface area contributed by atoms with E-state index in [-0.39, 0.29) is 16.8 Å². The molecule has 0 aliphatic carbocycles. The molecular weight excluding hydrogens is 412 g/mol. The van der Waals surface area contributed by atoms with Crippen LogP contribution in [-0.2, 0) is 9.59 Å². The predicted molar refractivity (Wildman–Crippen MR) is 125 cm³/mol. The second-order valence-corrected chi connectivity index (χ2v) is 7.88. The lowest BCUT2D eigenvalue weighted by Crippen LogP contribution is -2.54. The predicted octanol–water partition coefficient (Wildman–Crippen LogP) is 4.32. The third kappa shape index (κ3) is 4.77. The Bertz CT molecular complexity index is 1080. The molecule has 2 aromatic carbocycles. The molecule has 1 atom stereocenters. The molecule has 7 heteroatoms. The molecule has 0 spiro atoms. The number of nitrogens with zero attached hydrogens (tertiary/aromatic N) is 1. The van der Waals surface area contributed by atoms with Crippen molar-refractivity contribution in [1.29, 1.82) is 0 Å². The quantitative estimate of drug-likeness (QED) is 0.413. The maximum atomic E-state index is 13.3. The van der Waals surface area contributed by atoms with Crippen LogP contribution in [0.15, 0.2) is 42.0 Å². The van der Waals surface area contributed by atoms with Crippen LogP contribution in [0.5, 0.6) is 11.5 Å². The molecule has 0 saturated carbocycles. The highest BCUT2D eigenvalue weighted by Gasteiger charge is 2.35. The minimum atomic E-state index is -0.532. The van der Waals surface area contributed by atoms with Crippen molar-refractivity contribution in [3.63, 3.8) is 0 Å². The first-order chi connectivity index (χ1) is 14.7. The Morgan fingerprint density at radius 3 is 2.55 bits per heavy atom. The lowest BCUT2D eigenvalue weighted by atomic mass is 10.0. The molecule has 1 N–H and O–H groups in total. The van der Waals surface area contributed by atoms with Crippen LogP contribution in [0.25, 0.3) is 6.08 Å². The Balaban J connectivity index is 1.99. The fraction of sp³-hybridized carbons (Fsp3) is 0.292.